The summed E-state index contributed by atoms with van der Waals surface area (Å²) in [6, 6.07) is 16.3. The lowest BCUT2D eigenvalue weighted by atomic mass is 10.1. The van der Waals surface area contributed by atoms with Crippen molar-refractivity contribution in [1.29, 1.82) is 0 Å². The van der Waals surface area contributed by atoms with Crippen LogP contribution in [0.15, 0.2) is 48.5 Å². The topological polar surface area (TPSA) is 54.5 Å². The van der Waals surface area contributed by atoms with E-state index in [1.165, 1.54) is 5.56 Å². The molecule has 1 fully saturated rings. The summed E-state index contributed by atoms with van der Waals surface area (Å²) in [4.78, 5) is 19.6. The Balaban J connectivity index is 1.26. The summed E-state index contributed by atoms with van der Waals surface area (Å²) in [5, 5.41) is 0. The van der Waals surface area contributed by atoms with E-state index in [0.29, 0.717) is 33.0 Å². The van der Waals surface area contributed by atoms with Gasteiger partial charge < -0.3 is 19.1 Å². The molecule has 0 saturated carbocycles. The van der Waals surface area contributed by atoms with E-state index in [1.807, 2.05) is 29.2 Å². The number of nitrogens with zero attached hydrogens (tertiary/aromatic N) is 3. The Kier molecular flexibility index (Phi) is 7.40. The molecule has 0 unspecified atom stereocenters. The molecule has 2 aromatic carbocycles. The number of fused-ring (bicyclic) bond motifs is 1. The first-order valence-corrected chi connectivity index (χ1v) is 10.8. The second-order valence-corrected chi connectivity index (χ2v) is 8.03. The molecule has 0 atom stereocenters. The van der Waals surface area contributed by atoms with Crippen molar-refractivity contribution in [2.45, 2.75) is 13.1 Å². The minimum absolute atomic E-state index is 0.158. The largest absolute Gasteiger partial charge is 0.454 e. The van der Waals surface area contributed by atoms with Crippen molar-refractivity contribution in [3.8, 4) is 11.5 Å². The third kappa shape index (κ3) is 5.97. The van der Waals surface area contributed by atoms with Crippen molar-refractivity contribution in [3.05, 3.63) is 59.7 Å². The summed E-state index contributed by atoms with van der Waals surface area (Å²) in [6.45, 7) is 7.07. The number of hydrogen-bond acceptors (Lipinski definition) is 6. The van der Waals surface area contributed by atoms with Gasteiger partial charge in [0, 0.05) is 52.9 Å². The second-order valence-electron chi connectivity index (χ2n) is 8.03. The van der Waals surface area contributed by atoms with Crippen LogP contribution >= 0.6 is 0 Å². The van der Waals surface area contributed by atoms with E-state index >= 15 is 0 Å². The number of methoxy groups -OCH3 is 1. The molecule has 0 N–H and O–H groups in total. The first-order chi connectivity index (χ1) is 15.2. The minimum atomic E-state index is 0.158. The van der Waals surface area contributed by atoms with E-state index in [0.717, 1.165) is 49.8 Å². The number of rotatable bonds is 9. The van der Waals surface area contributed by atoms with E-state index in [2.05, 4.69) is 34.1 Å². The molecule has 0 spiro atoms. The molecule has 31 heavy (non-hydrogen) atoms. The van der Waals surface area contributed by atoms with Crippen LogP contribution in [0.25, 0.3) is 0 Å². The molecule has 0 radical (unpaired) electrons. The van der Waals surface area contributed by atoms with Crippen LogP contribution in [0.4, 0.5) is 0 Å². The summed E-state index contributed by atoms with van der Waals surface area (Å²) < 4.78 is 16.1. The van der Waals surface area contributed by atoms with Crippen LogP contribution in [0, 0.1) is 0 Å². The molecular weight excluding hydrogens is 394 g/mol. The zero-order valence-corrected chi connectivity index (χ0v) is 18.2. The van der Waals surface area contributed by atoms with Crippen LogP contribution in [0.1, 0.15) is 11.1 Å². The monoisotopic (exact) mass is 425 g/mol. The van der Waals surface area contributed by atoms with E-state index in [-0.39, 0.29) is 5.91 Å². The minimum Gasteiger partial charge on any atom is -0.454 e. The van der Waals surface area contributed by atoms with Crippen molar-refractivity contribution >= 4 is 5.91 Å². The van der Waals surface area contributed by atoms with Gasteiger partial charge in [0.1, 0.15) is 0 Å². The van der Waals surface area contributed by atoms with Gasteiger partial charge in [-0.25, -0.2) is 0 Å². The lowest BCUT2D eigenvalue weighted by Crippen LogP contribution is -2.50. The van der Waals surface area contributed by atoms with E-state index in [9.17, 15) is 4.79 Å². The van der Waals surface area contributed by atoms with E-state index in [1.54, 1.807) is 7.11 Å². The molecular formula is C24H31N3O4. The highest BCUT2D eigenvalue weighted by molar-refractivity contribution is 5.78. The van der Waals surface area contributed by atoms with Crippen LogP contribution in [-0.4, -0.2) is 80.4 Å². The van der Waals surface area contributed by atoms with Crippen LogP contribution < -0.4 is 9.47 Å². The molecule has 2 aromatic rings. The SMILES string of the molecule is COCCN(Cc1ccccc1)C(=O)CN1CCN(Cc2ccc3c(c2)OCO3)CC1. The van der Waals surface area contributed by atoms with Crippen LogP contribution in [0.2, 0.25) is 0 Å². The van der Waals surface area contributed by atoms with Crippen LogP contribution in [0.3, 0.4) is 0 Å². The molecule has 1 amide bonds. The lowest BCUT2D eigenvalue weighted by molar-refractivity contribution is -0.134. The van der Waals surface area contributed by atoms with Gasteiger partial charge in [0.15, 0.2) is 11.5 Å². The van der Waals surface area contributed by atoms with Gasteiger partial charge in [-0.05, 0) is 23.3 Å². The molecule has 0 bridgehead atoms. The summed E-state index contributed by atoms with van der Waals surface area (Å²) in [5.41, 5.74) is 2.36. The molecule has 7 nitrogen and oxygen atoms in total. The fourth-order valence-electron chi connectivity index (χ4n) is 3.99. The Labute approximate surface area is 184 Å². The molecule has 7 heteroatoms. The molecule has 1 saturated heterocycles. The van der Waals surface area contributed by atoms with Gasteiger partial charge in [0.2, 0.25) is 12.7 Å². The predicted octanol–water partition coefficient (Wildman–Crippen LogP) is 2.21. The van der Waals surface area contributed by atoms with Gasteiger partial charge in [-0.15, -0.1) is 0 Å². The number of carbonyl (C=O) groups excluding carboxylic acids is 1. The normalized spacial score (nSPS) is 16.4. The average Bonchev–Trinajstić information content (AvgIpc) is 3.26. The summed E-state index contributed by atoms with van der Waals surface area (Å²) in [5.74, 6) is 1.81. The Hall–Kier alpha value is -2.61. The highest BCUT2D eigenvalue weighted by Gasteiger charge is 2.22. The van der Waals surface area contributed by atoms with Gasteiger partial charge in [-0.1, -0.05) is 36.4 Å². The Morgan fingerprint density at radius 2 is 1.71 bits per heavy atom. The summed E-state index contributed by atoms with van der Waals surface area (Å²) in [6.07, 6.45) is 0. The first-order valence-electron chi connectivity index (χ1n) is 10.8. The van der Waals surface area contributed by atoms with Gasteiger partial charge in [-0.3, -0.25) is 14.6 Å². The third-order valence-corrected chi connectivity index (χ3v) is 5.80. The van der Waals surface area contributed by atoms with Crippen LogP contribution in [-0.2, 0) is 22.6 Å². The first kappa shape index (κ1) is 21.6. The lowest BCUT2D eigenvalue weighted by Gasteiger charge is -2.35. The third-order valence-electron chi connectivity index (χ3n) is 5.80. The molecule has 4 rings (SSSR count). The van der Waals surface area contributed by atoms with Gasteiger partial charge in [0.25, 0.3) is 0 Å². The quantitative estimate of drug-likeness (QED) is 0.614. The number of benzene rings is 2. The summed E-state index contributed by atoms with van der Waals surface area (Å²) >= 11 is 0. The average molecular weight is 426 g/mol. The standard InChI is InChI=1S/C24H31N3O4/c1-29-14-13-27(17-20-5-3-2-4-6-20)24(28)18-26-11-9-25(10-12-26)16-21-7-8-22-23(15-21)31-19-30-22/h2-8,15H,9-14,16-19H2,1H3. The number of carbonyl (C=O) groups is 1. The predicted molar refractivity (Wildman–Crippen MR) is 118 cm³/mol. The number of hydrogen-bond donors (Lipinski definition) is 0. The van der Waals surface area contributed by atoms with Crippen molar-refractivity contribution in [2.75, 3.05) is 59.8 Å². The molecule has 2 aliphatic rings. The molecule has 166 valence electrons. The van der Waals surface area contributed by atoms with Crippen molar-refractivity contribution in [3.63, 3.8) is 0 Å². The van der Waals surface area contributed by atoms with Gasteiger partial charge >= 0.3 is 0 Å². The van der Waals surface area contributed by atoms with Crippen LogP contribution in [0.5, 0.6) is 11.5 Å². The molecule has 2 aliphatic heterocycles. The zero-order chi connectivity index (χ0) is 21.5. The smallest absolute Gasteiger partial charge is 0.237 e. The maximum absolute atomic E-state index is 13.0. The highest BCUT2D eigenvalue weighted by Crippen LogP contribution is 2.32. The van der Waals surface area contributed by atoms with E-state index < -0.39 is 0 Å². The number of piperazine rings is 1. The molecule has 2 heterocycles. The van der Waals surface area contributed by atoms with Gasteiger partial charge in [-0.2, -0.15) is 0 Å². The second kappa shape index (κ2) is 10.6. The fraction of sp³-hybridized carbons (Fsp3) is 0.458. The van der Waals surface area contributed by atoms with Crippen molar-refractivity contribution < 1.29 is 19.0 Å². The van der Waals surface area contributed by atoms with E-state index in [4.69, 9.17) is 14.2 Å². The maximum Gasteiger partial charge on any atom is 0.237 e. The maximum atomic E-state index is 13.0. The Morgan fingerprint density at radius 1 is 0.968 bits per heavy atom. The van der Waals surface area contributed by atoms with Crippen molar-refractivity contribution in [2.24, 2.45) is 0 Å². The zero-order valence-electron chi connectivity index (χ0n) is 18.2. The van der Waals surface area contributed by atoms with Gasteiger partial charge in [0.05, 0.1) is 13.2 Å². The highest BCUT2D eigenvalue weighted by atomic mass is 16.7. The molecule has 0 aliphatic carbocycles. The van der Waals surface area contributed by atoms with Crippen molar-refractivity contribution in [1.82, 2.24) is 14.7 Å². The number of amides is 1. The molecule has 0 aromatic heterocycles. The Bertz CT molecular complexity index is 853. The Morgan fingerprint density at radius 3 is 2.48 bits per heavy atom. The summed E-state index contributed by atoms with van der Waals surface area (Å²) in [7, 11) is 1.67. The fourth-order valence-corrected chi connectivity index (χ4v) is 3.99. The number of ether oxygens (including phenoxy) is 3.